The minimum absolute atomic E-state index is 0.0436. The Morgan fingerprint density at radius 3 is 0.951 bits per heavy atom. The van der Waals surface area contributed by atoms with Crippen molar-refractivity contribution in [3.8, 4) is 17.2 Å². The molecule has 15 heteroatoms. The molecular formula is C87H88Br2I2N2O9. The zero-order valence-electron chi connectivity index (χ0n) is 58.1. The number of benzene rings is 9. The Labute approximate surface area is 642 Å². The maximum Gasteiger partial charge on any atom is 0.197 e. The fourth-order valence-corrected chi connectivity index (χ4v) is 15.9. The van der Waals surface area contributed by atoms with Crippen molar-refractivity contribution < 1.29 is 43.0 Å². The lowest BCUT2D eigenvalue weighted by Crippen LogP contribution is -2.06. The molecule has 0 saturated heterocycles. The topological polar surface area (TPSA) is 203 Å². The molecule has 0 aliphatic heterocycles. The Bertz CT molecular complexity index is 4300. The predicted octanol–water partition coefficient (Wildman–Crippen LogP) is 23.7. The van der Waals surface area contributed by atoms with Crippen molar-refractivity contribution in [3.63, 3.8) is 0 Å². The summed E-state index contributed by atoms with van der Waals surface area (Å²) in [4.78, 5) is 40.8. The number of phenolic OH excluding ortho intramolecular Hbond substituents is 3. The second-order valence-corrected chi connectivity index (χ2v) is 30.2. The van der Waals surface area contributed by atoms with E-state index in [0.29, 0.717) is 61.6 Å². The van der Waals surface area contributed by atoms with Gasteiger partial charge in [0.25, 0.3) is 0 Å². The molecule has 0 atom stereocenters. The number of anilines is 2. The maximum atomic E-state index is 13.7. The standard InChI is InChI=1S/C29H28Br2O3.C29H28I2O3.C29H32N2O3/c3*1-2-3-5-13-25-27(28(32)21-17-23(30)29(33)24(31)18-21)22-15-14-20(16-26(22)34-25)12-8-11-19-9-6-4-7-10-19/h2*4,6-7,9-10,14-18,33H,2-3,5,8,11-13H2,1H3;4,6-7,9-10,14-18,33H,2-3,5,8,11-13,30-31H2,1H3. The largest absolute Gasteiger partial charge is 0.506 e. The van der Waals surface area contributed by atoms with Crippen LogP contribution in [0, 0.1) is 7.14 Å². The van der Waals surface area contributed by atoms with E-state index in [-0.39, 0.29) is 46.0 Å². The van der Waals surface area contributed by atoms with Crippen LogP contribution in [0.1, 0.15) is 196 Å². The van der Waals surface area contributed by atoms with Gasteiger partial charge in [0.15, 0.2) is 23.1 Å². The summed E-state index contributed by atoms with van der Waals surface area (Å²) in [5.74, 6) is 1.98. The molecule has 0 amide bonds. The molecule has 3 aromatic heterocycles. The van der Waals surface area contributed by atoms with Crippen LogP contribution in [0.5, 0.6) is 17.2 Å². The lowest BCUT2D eigenvalue weighted by Gasteiger charge is -2.08. The zero-order valence-corrected chi connectivity index (χ0v) is 65.6. The molecule has 11 nitrogen and oxygen atoms in total. The molecule has 9 aromatic carbocycles. The molecule has 0 spiro atoms. The third kappa shape index (κ3) is 19.8. The number of nitrogen functional groups attached to an aromatic ring is 2. The number of unbranched alkanes of at least 4 members (excludes halogenated alkanes) is 6. The fourth-order valence-electron chi connectivity index (χ4n) is 13.0. The van der Waals surface area contributed by atoms with E-state index in [1.165, 1.54) is 45.5 Å². The van der Waals surface area contributed by atoms with E-state index in [2.05, 4.69) is 207 Å². The number of aryl methyl sites for hydroxylation is 9. The van der Waals surface area contributed by atoms with Crippen molar-refractivity contribution in [3.05, 3.63) is 282 Å². The fraction of sp³-hybridized carbons (Fsp3) is 0.276. The summed E-state index contributed by atoms with van der Waals surface area (Å²) < 4.78 is 21.1. The van der Waals surface area contributed by atoms with Gasteiger partial charge in [-0.25, -0.2) is 0 Å². The highest BCUT2D eigenvalue weighted by Crippen LogP contribution is 2.39. The van der Waals surface area contributed by atoms with Gasteiger partial charge in [0.2, 0.25) is 0 Å². The number of phenols is 3. The average molecular weight is 1720 g/mol. The van der Waals surface area contributed by atoms with Crippen molar-refractivity contribution in [1.29, 1.82) is 0 Å². The molecule has 12 aromatic rings. The van der Waals surface area contributed by atoms with E-state index in [9.17, 15) is 29.7 Å². The summed E-state index contributed by atoms with van der Waals surface area (Å²) in [5.41, 5.74) is 25.1. The van der Waals surface area contributed by atoms with Crippen LogP contribution in [0.4, 0.5) is 11.4 Å². The number of carbonyl (C=O) groups excluding carboxylic acids is 3. The van der Waals surface area contributed by atoms with Gasteiger partial charge in [-0.3, -0.25) is 14.4 Å². The van der Waals surface area contributed by atoms with Gasteiger partial charge in [-0.05, 0) is 242 Å². The molecule has 0 aliphatic rings. The lowest BCUT2D eigenvalue weighted by molar-refractivity contribution is 0.103. The van der Waals surface area contributed by atoms with Crippen LogP contribution >= 0.6 is 77.0 Å². The molecular weight excluding hydrogens is 1630 g/mol. The molecule has 0 fully saturated rings. The quantitative estimate of drug-likeness (QED) is 0.00942. The van der Waals surface area contributed by atoms with E-state index >= 15 is 0 Å². The highest BCUT2D eigenvalue weighted by molar-refractivity contribution is 14.1. The molecule has 0 bridgehead atoms. The van der Waals surface area contributed by atoms with Crippen LogP contribution in [0.3, 0.4) is 0 Å². The Morgan fingerprint density at radius 1 is 0.343 bits per heavy atom. The molecule has 3 heterocycles. The van der Waals surface area contributed by atoms with E-state index in [4.69, 9.17) is 24.7 Å². The SMILES string of the molecule is CCCCCc1oc2cc(CCCc3ccccc3)ccc2c1C(=O)c1cc(Br)c(O)c(Br)c1.CCCCCc1oc2cc(CCCc3ccccc3)ccc2c1C(=O)c1cc(I)c(O)c(I)c1.CCCCCc1oc2cc(CCCc3ccccc3)ccc2c1C(=O)c1cc(N)c(O)c(N)c1. The Kier molecular flexibility index (Phi) is 28.2. The predicted molar refractivity (Wildman–Crippen MR) is 438 cm³/mol. The molecule has 102 heavy (non-hydrogen) atoms. The number of hydrogen-bond acceptors (Lipinski definition) is 11. The molecule has 12 rings (SSSR count). The molecule has 528 valence electrons. The first-order chi connectivity index (χ1) is 49.4. The summed E-state index contributed by atoms with van der Waals surface area (Å²) >= 11 is 10.8. The van der Waals surface area contributed by atoms with E-state index in [1.54, 1.807) is 24.3 Å². The normalized spacial score (nSPS) is 11.2. The highest BCUT2D eigenvalue weighted by atomic mass is 127. The number of rotatable bonds is 30. The van der Waals surface area contributed by atoms with Gasteiger partial charge >= 0.3 is 0 Å². The minimum atomic E-state index is -0.197. The van der Waals surface area contributed by atoms with Crippen molar-refractivity contribution in [1.82, 2.24) is 0 Å². The first kappa shape index (κ1) is 76.7. The molecule has 7 N–H and O–H groups in total. The number of fused-ring (bicyclic) bond motifs is 3. The van der Waals surface area contributed by atoms with E-state index in [1.807, 2.05) is 36.4 Å². The summed E-state index contributed by atoms with van der Waals surface area (Å²) in [6.07, 6.45) is 20.8. The first-order valence-corrected chi connectivity index (χ1v) is 39.3. The van der Waals surface area contributed by atoms with Gasteiger partial charge in [0.05, 0.1) is 44.2 Å². The van der Waals surface area contributed by atoms with Gasteiger partial charge in [0, 0.05) is 52.1 Å². The van der Waals surface area contributed by atoms with Crippen LogP contribution in [0.25, 0.3) is 32.9 Å². The summed E-state index contributed by atoms with van der Waals surface area (Å²) in [7, 11) is 0. The van der Waals surface area contributed by atoms with E-state index in [0.717, 1.165) is 173 Å². The van der Waals surface area contributed by atoms with Crippen LogP contribution in [-0.2, 0) is 57.8 Å². The number of carbonyl (C=O) groups is 3. The number of halogens is 4. The first-order valence-electron chi connectivity index (χ1n) is 35.6. The van der Waals surface area contributed by atoms with Crippen molar-refractivity contribution in [2.45, 2.75) is 156 Å². The molecule has 0 aliphatic carbocycles. The Morgan fingerprint density at radius 2 is 0.637 bits per heavy atom. The molecule has 0 unspecified atom stereocenters. The number of hydrogen-bond donors (Lipinski definition) is 5. The molecule has 0 radical (unpaired) electrons. The van der Waals surface area contributed by atoms with Crippen LogP contribution < -0.4 is 11.5 Å². The van der Waals surface area contributed by atoms with Crippen LogP contribution in [-0.4, -0.2) is 32.7 Å². The van der Waals surface area contributed by atoms with Crippen LogP contribution in [0.2, 0.25) is 0 Å². The van der Waals surface area contributed by atoms with Gasteiger partial charge in [-0.1, -0.05) is 187 Å². The second kappa shape index (κ2) is 37.5. The highest BCUT2D eigenvalue weighted by Gasteiger charge is 2.27. The van der Waals surface area contributed by atoms with E-state index < -0.39 is 0 Å². The second-order valence-electron chi connectivity index (χ2n) is 26.1. The minimum Gasteiger partial charge on any atom is -0.506 e. The van der Waals surface area contributed by atoms with Gasteiger partial charge in [0.1, 0.15) is 45.5 Å². The van der Waals surface area contributed by atoms with Gasteiger partial charge in [-0.2, -0.15) is 0 Å². The number of ketones is 3. The van der Waals surface area contributed by atoms with Gasteiger partial charge < -0.3 is 40.0 Å². The van der Waals surface area contributed by atoms with Crippen molar-refractivity contribution in [2.24, 2.45) is 0 Å². The summed E-state index contributed by atoms with van der Waals surface area (Å²) in [6, 6.07) is 59.9. The van der Waals surface area contributed by atoms with Crippen molar-refractivity contribution >= 4 is 139 Å². The smallest absolute Gasteiger partial charge is 0.197 e. The Hall–Kier alpha value is -7.97. The van der Waals surface area contributed by atoms with Gasteiger partial charge in [-0.15, -0.1) is 0 Å². The molecule has 0 saturated carbocycles. The average Bonchev–Trinajstić information content (AvgIpc) is 1.63. The third-order valence-corrected chi connectivity index (χ3v) is 21.3. The zero-order chi connectivity index (χ0) is 72.2. The third-order valence-electron chi connectivity index (χ3n) is 18.5. The Balaban J connectivity index is 0.000000165. The summed E-state index contributed by atoms with van der Waals surface area (Å²) in [5, 5.41) is 32.6. The monoisotopic (exact) mass is 1720 g/mol. The summed E-state index contributed by atoms with van der Waals surface area (Å²) in [6.45, 7) is 6.49. The van der Waals surface area contributed by atoms with Crippen LogP contribution in [0.15, 0.2) is 204 Å². The van der Waals surface area contributed by atoms with Crippen molar-refractivity contribution in [2.75, 3.05) is 11.5 Å². The number of furan rings is 3. The number of aromatic hydroxyl groups is 3. The number of nitrogens with two attached hydrogens (primary N) is 2. The lowest BCUT2D eigenvalue weighted by atomic mass is 9.96. The maximum absolute atomic E-state index is 13.7.